The van der Waals surface area contributed by atoms with E-state index in [9.17, 15) is 9.59 Å². The van der Waals surface area contributed by atoms with Gasteiger partial charge in [-0.15, -0.1) is 0 Å². The largest absolute Gasteiger partial charge is 0.322 e. The van der Waals surface area contributed by atoms with Crippen molar-refractivity contribution in [2.24, 2.45) is 0 Å². The SMILES string of the molecule is Cc1cccc(C(=O)Nc2ccc(NC(=O)c3ccc(-c4ccccc4)cc3)cc2)c1. The molecule has 0 aromatic heterocycles. The molecule has 0 bridgehead atoms. The molecule has 4 aromatic rings. The minimum atomic E-state index is -0.184. The highest BCUT2D eigenvalue weighted by atomic mass is 16.2. The van der Waals surface area contributed by atoms with Crippen LogP contribution in [0.15, 0.2) is 103 Å². The van der Waals surface area contributed by atoms with Gasteiger partial charge < -0.3 is 10.6 Å². The minimum absolute atomic E-state index is 0.168. The van der Waals surface area contributed by atoms with Gasteiger partial charge in [-0.3, -0.25) is 9.59 Å². The fourth-order valence-electron chi connectivity index (χ4n) is 3.27. The molecule has 0 heterocycles. The number of rotatable bonds is 5. The predicted octanol–water partition coefficient (Wildman–Crippen LogP) is 6.17. The van der Waals surface area contributed by atoms with Gasteiger partial charge in [0.05, 0.1) is 0 Å². The maximum atomic E-state index is 12.6. The number of carbonyl (C=O) groups is 2. The van der Waals surface area contributed by atoms with Gasteiger partial charge in [0.15, 0.2) is 0 Å². The molecule has 0 spiro atoms. The van der Waals surface area contributed by atoms with Crippen LogP contribution in [0.5, 0.6) is 0 Å². The smallest absolute Gasteiger partial charge is 0.255 e. The lowest BCUT2D eigenvalue weighted by Crippen LogP contribution is -2.13. The van der Waals surface area contributed by atoms with Gasteiger partial charge in [-0.2, -0.15) is 0 Å². The van der Waals surface area contributed by atoms with Gasteiger partial charge in [0.25, 0.3) is 11.8 Å². The highest BCUT2D eigenvalue weighted by Gasteiger charge is 2.09. The van der Waals surface area contributed by atoms with Crippen LogP contribution in [0.25, 0.3) is 11.1 Å². The number of carbonyl (C=O) groups excluding carboxylic acids is 2. The molecule has 0 saturated heterocycles. The van der Waals surface area contributed by atoms with Crippen molar-refractivity contribution in [2.45, 2.75) is 6.92 Å². The van der Waals surface area contributed by atoms with Crippen LogP contribution in [0, 0.1) is 6.92 Å². The lowest BCUT2D eigenvalue weighted by atomic mass is 10.0. The van der Waals surface area contributed by atoms with Crippen molar-refractivity contribution in [1.82, 2.24) is 0 Å². The molecular weight excluding hydrogens is 384 g/mol. The zero-order valence-electron chi connectivity index (χ0n) is 17.1. The third-order valence-electron chi connectivity index (χ3n) is 4.94. The molecule has 4 rings (SSSR count). The molecule has 0 radical (unpaired) electrons. The number of nitrogens with one attached hydrogen (secondary N) is 2. The Hall–Kier alpha value is -4.18. The molecule has 0 unspecified atom stereocenters. The van der Waals surface area contributed by atoms with E-state index in [0.717, 1.165) is 16.7 Å². The lowest BCUT2D eigenvalue weighted by Gasteiger charge is -2.09. The minimum Gasteiger partial charge on any atom is -0.322 e. The van der Waals surface area contributed by atoms with E-state index in [4.69, 9.17) is 0 Å². The van der Waals surface area contributed by atoms with Crippen LogP contribution in [-0.4, -0.2) is 11.8 Å². The van der Waals surface area contributed by atoms with Crippen molar-refractivity contribution >= 4 is 23.2 Å². The summed E-state index contributed by atoms with van der Waals surface area (Å²) in [5, 5.41) is 5.75. The van der Waals surface area contributed by atoms with E-state index in [1.165, 1.54) is 0 Å². The van der Waals surface area contributed by atoms with E-state index in [1.807, 2.05) is 79.7 Å². The second-order valence-electron chi connectivity index (χ2n) is 7.30. The standard InChI is InChI=1S/C27H22N2O2/c1-19-6-5-9-23(18-19)27(31)29-25-16-14-24(15-17-25)28-26(30)22-12-10-21(11-13-22)20-7-3-2-4-8-20/h2-18H,1H3,(H,28,30)(H,29,31). The first-order valence-corrected chi connectivity index (χ1v) is 10.0. The van der Waals surface area contributed by atoms with Gasteiger partial charge in [-0.05, 0) is 66.6 Å². The third-order valence-corrected chi connectivity index (χ3v) is 4.94. The first kappa shape index (κ1) is 20.1. The summed E-state index contributed by atoms with van der Waals surface area (Å²) in [6.45, 7) is 1.95. The summed E-state index contributed by atoms with van der Waals surface area (Å²) in [7, 11) is 0. The Labute approximate surface area is 181 Å². The number of anilines is 2. The summed E-state index contributed by atoms with van der Waals surface area (Å²) >= 11 is 0. The van der Waals surface area contributed by atoms with Crippen LogP contribution in [0.4, 0.5) is 11.4 Å². The normalized spacial score (nSPS) is 10.4. The average molecular weight is 406 g/mol. The van der Waals surface area contributed by atoms with Crippen molar-refractivity contribution in [1.29, 1.82) is 0 Å². The Morgan fingerprint density at radius 1 is 0.548 bits per heavy atom. The molecule has 2 N–H and O–H groups in total. The number of aryl methyl sites for hydroxylation is 1. The first-order chi connectivity index (χ1) is 15.1. The molecule has 0 aliphatic heterocycles. The van der Waals surface area contributed by atoms with Crippen LogP contribution in [0.2, 0.25) is 0 Å². The molecular formula is C27H22N2O2. The third kappa shape index (κ3) is 5.06. The Kier molecular flexibility index (Phi) is 5.90. The monoisotopic (exact) mass is 406 g/mol. The van der Waals surface area contributed by atoms with E-state index < -0.39 is 0 Å². The topological polar surface area (TPSA) is 58.2 Å². The number of benzene rings is 4. The molecule has 152 valence electrons. The van der Waals surface area contributed by atoms with Crippen molar-refractivity contribution in [3.05, 3.63) is 120 Å². The second kappa shape index (κ2) is 9.09. The molecule has 4 heteroatoms. The Bertz CT molecular complexity index is 1200. The molecule has 0 atom stereocenters. The summed E-state index contributed by atoms with van der Waals surface area (Å²) in [6, 6.07) is 32.0. The van der Waals surface area contributed by atoms with E-state index in [2.05, 4.69) is 10.6 Å². The quantitative estimate of drug-likeness (QED) is 0.417. The van der Waals surface area contributed by atoms with Gasteiger partial charge in [-0.25, -0.2) is 0 Å². The van der Waals surface area contributed by atoms with Crippen LogP contribution in [0.3, 0.4) is 0 Å². The van der Waals surface area contributed by atoms with Crippen molar-refractivity contribution in [3.8, 4) is 11.1 Å². The molecule has 2 amide bonds. The maximum Gasteiger partial charge on any atom is 0.255 e. The molecule has 0 aliphatic carbocycles. The predicted molar refractivity (Wildman–Crippen MR) is 125 cm³/mol. The number of hydrogen-bond donors (Lipinski definition) is 2. The Morgan fingerprint density at radius 3 is 1.68 bits per heavy atom. The van der Waals surface area contributed by atoms with Gasteiger partial charge in [-0.1, -0.05) is 60.2 Å². The fourth-order valence-corrected chi connectivity index (χ4v) is 3.27. The van der Waals surface area contributed by atoms with Crippen LogP contribution >= 0.6 is 0 Å². The van der Waals surface area contributed by atoms with Gasteiger partial charge >= 0.3 is 0 Å². The second-order valence-corrected chi connectivity index (χ2v) is 7.30. The Balaban J connectivity index is 1.38. The highest BCUT2D eigenvalue weighted by Crippen LogP contribution is 2.20. The van der Waals surface area contributed by atoms with Crippen LogP contribution in [0.1, 0.15) is 26.3 Å². The first-order valence-electron chi connectivity index (χ1n) is 10.0. The molecule has 4 aromatic carbocycles. The van der Waals surface area contributed by atoms with Gasteiger partial charge in [0.2, 0.25) is 0 Å². The molecule has 0 saturated carbocycles. The summed E-state index contributed by atoms with van der Waals surface area (Å²) in [5.74, 6) is -0.352. The molecule has 4 nitrogen and oxygen atoms in total. The number of hydrogen-bond acceptors (Lipinski definition) is 2. The average Bonchev–Trinajstić information content (AvgIpc) is 2.81. The molecule has 0 fully saturated rings. The maximum absolute atomic E-state index is 12.6. The molecule has 31 heavy (non-hydrogen) atoms. The zero-order chi connectivity index (χ0) is 21.6. The summed E-state index contributed by atoms with van der Waals surface area (Å²) < 4.78 is 0. The number of amides is 2. The zero-order valence-corrected chi connectivity index (χ0v) is 17.1. The fraction of sp³-hybridized carbons (Fsp3) is 0.0370. The summed E-state index contributed by atoms with van der Waals surface area (Å²) in [6.07, 6.45) is 0. The highest BCUT2D eigenvalue weighted by molar-refractivity contribution is 6.06. The van der Waals surface area contributed by atoms with E-state index in [1.54, 1.807) is 30.3 Å². The Morgan fingerprint density at radius 2 is 1.10 bits per heavy atom. The van der Waals surface area contributed by atoms with Crippen LogP contribution < -0.4 is 10.6 Å². The summed E-state index contributed by atoms with van der Waals surface area (Å²) in [4.78, 5) is 24.9. The van der Waals surface area contributed by atoms with Gasteiger partial charge in [0.1, 0.15) is 0 Å². The lowest BCUT2D eigenvalue weighted by molar-refractivity contribution is 0.101. The molecule has 0 aliphatic rings. The van der Waals surface area contributed by atoms with Crippen LogP contribution in [-0.2, 0) is 0 Å². The van der Waals surface area contributed by atoms with E-state index >= 15 is 0 Å². The van der Waals surface area contributed by atoms with Gasteiger partial charge in [0, 0.05) is 22.5 Å². The van der Waals surface area contributed by atoms with Crippen molar-refractivity contribution in [3.63, 3.8) is 0 Å². The summed E-state index contributed by atoms with van der Waals surface area (Å²) in [5.41, 5.74) is 5.71. The van der Waals surface area contributed by atoms with E-state index in [0.29, 0.717) is 22.5 Å². The van der Waals surface area contributed by atoms with Crippen molar-refractivity contribution < 1.29 is 9.59 Å². The van der Waals surface area contributed by atoms with Crippen molar-refractivity contribution in [2.75, 3.05) is 10.6 Å². The van der Waals surface area contributed by atoms with E-state index in [-0.39, 0.29) is 11.8 Å².